The van der Waals surface area contributed by atoms with E-state index in [1.54, 1.807) is 24.3 Å². The fourth-order valence-corrected chi connectivity index (χ4v) is 1.32. The Hall–Kier alpha value is -1.95. The van der Waals surface area contributed by atoms with Gasteiger partial charge in [0, 0.05) is 17.8 Å². The number of nitrogens with zero attached hydrogens (tertiary/aromatic N) is 2. The van der Waals surface area contributed by atoms with Gasteiger partial charge in [-0.3, -0.25) is 0 Å². The first-order valence-electron chi connectivity index (χ1n) is 4.77. The van der Waals surface area contributed by atoms with Crippen molar-refractivity contribution >= 4 is 29.2 Å². The lowest BCUT2D eigenvalue weighted by Gasteiger charge is -2.17. The molecular weight excluding hydrogens is 244 g/mol. The van der Waals surface area contributed by atoms with E-state index in [2.05, 4.69) is 10.5 Å². The predicted octanol–water partition coefficient (Wildman–Crippen LogP) is 1.55. The van der Waals surface area contributed by atoms with Gasteiger partial charge in [-0.05, 0) is 18.2 Å². The molecule has 92 valence electrons. The van der Waals surface area contributed by atoms with Crippen LogP contribution < -0.4 is 11.1 Å². The first-order valence-corrected chi connectivity index (χ1v) is 5.15. The minimum atomic E-state index is -0.376. The smallest absolute Gasteiger partial charge is 0.321 e. The SMILES string of the molecule is CN(CC(N)=NO)C(=O)Nc1cccc(Cl)c1. The van der Waals surface area contributed by atoms with E-state index in [0.29, 0.717) is 10.7 Å². The molecule has 1 aromatic carbocycles. The van der Waals surface area contributed by atoms with Crippen LogP contribution in [0, 0.1) is 0 Å². The number of halogens is 1. The zero-order valence-electron chi connectivity index (χ0n) is 9.22. The summed E-state index contributed by atoms with van der Waals surface area (Å²) >= 11 is 5.78. The van der Waals surface area contributed by atoms with Crippen molar-refractivity contribution in [2.45, 2.75) is 0 Å². The number of hydrogen-bond donors (Lipinski definition) is 3. The van der Waals surface area contributed by atoms with Crippen LogP contribution in [-0.4, -0.2) is 35.6 Å². The number of hydrogen-bond acceptors (Lipinski definition) is 3. The Kier molecular flexibility index (Phi) is 4.59. The summed E-state index contributed by atoms with van der Waals surface area (Å²) in [5, 5.41) is 14.3. The number of nitrogens with two attached hydrogens (primary N) is 1. The van der Waals surface area contributed by atoms with Crippen LogP contribution in [0.2, 0.25) is 5.02 Å². The van der Waals surface area contributed by atoms with Gasteiger partial charge in [-0.25, -0.2) is 4.79 Å². The summed E-state index contributed by atoms with van der Waals surface area (Å²) in [6, 6.07) is 6.38. The van der Waals surface area contributed by atoms with E-state index in [0.717, 1.165) is 0 Å². The maximum Gasteiger partial charge on any atom is 0.321 e. The average molecular weight is 257 g/mol. The molecule has 6 nitrogen and oxygen atoms in total. The van der Waals surface area contributed by atoms with E-state index in [1.165, 1.54) is 11.9 Å². The molecule has 17 heavy (non-hydrogen) atoms. The third kappa shape index (κ3) is 4.20. The largest absolute Gasteiger partial charge is 0.409 e. The molecule has 0 aliphatic carbocycles. The van der Waals surface area contributed by atoms with Gasteiger partial charge in [-0.2, -0.15) is 0 Å². The summed E-state index contributed by atoms with van der Waals surface area (Å²) in [6.45, 7) is 0.0307. The van der Waals surface area contributed by atoms with Gasteiger partial charge in [-0.15, -0.1) is 0 Å². The van der Waals surface area contributed by atoms with Gasteiger partial charge in [0.25, 0.3) is 0 Å². The number of amidine groups is 1. The molecular formula is C10H13ClN4O2. The average Bonchev–Trinajstić information content (AvgIpc) is 2.28. The molecule has 0 unspecified atom stereocenters. The van der Waals surface area contributed by atoms with Crippen molar-refractivity contribution in [3.8, 4) is 0 Å². The highest BCUT2D eigenvalue weighted by Crippen LogP contribution is 2.15. The highest BCUT2D eigenvalue weighted by Gasteiger charge is 2.10. The molecule has 0 aliphatic heterocycles. The first kappa shape index (κ1) is 13.1. The summed E-state index contributed by atoms with van der Waals surface area (Å²) in [4.78, 5) is 12.9. The van der Waals surface area contributed by atoms with Crippen molar-refractivity contribution < 1.29 is 10.0 Å². The monoisotopic (exact) mass is 256 g/mol. The minimum absolute atomic E-state index is 0.0307. The number of anilines is 1. The number of carbonyl (C=O) groups excluding carboxylic acids is 1. The molecule has 0 aliphatic rings. The van der Waals surface area contributed by atoms with E-state index in [9.17, 15) is 4.79 Å². The maximum absolute atomic E-state index is 11.7. The van der Waals surface area contributed by atoms with Gasteiger partial charge in [0.05, 0.1) is 6.54 Å². The number of benzene rings is 1. The highest BCUT2D eigenvalue weighted by molar-refractivity contribution is 6.30. The van der Waals surface area contributed by atoms with Crippen LogP contribution >= 0.6 is 11.6 Å². The van der Waals surface area contributed by atoms with Crippen LogP contribution in [-0.2, 0) is 0 Å². The lowest BCUT2D eigenvalue weighted by Crippen LogP contribution is -2.38. The molecule has 0 radical (unpaired) electrons. The summed E-state index contributed by atoms with van der Waals surface area (Å²) < 4.78 is 0. The fraction of sp³-hybridized carbons (Fsp3) is 0.200. The van der Waals surface area contributed by atoms with Gasteiger partial charge < -0.3 is 21.2 Å². The Morgan fingerprint density at radius 1 is 1.65 bits per heavy atom. The topological polar surface area (TPSA) is 90.9 Å². The van der Waals surface area contributed by atoms with Crippen molar-refractivity contribution in [3.63, 3.8) is 0 Å². The molecule has 0 heterocycles. The first-order chi connectivity index (χ1) is 8.02. The zero-order valence-corrected chi connectivity index (χ0v) is 9.98. The van der Waals surface area contributed by atoms with E-state index in [1.807, 2.05) is 0 Å². The number of carbonyl (C=O) groups is 1. The molecule has 0 spiro atoms. The highest BCUT2D eigenvalue weighted by atomic mass is 35.5. The molecule has 0 aromatic heterocycles. The fourth-order valence-electron chi connectivity index (χ4n) is 1.13. The molecule has 4 N–H and O–H groups in total. The Bertz CT molecular complexity index is 436. The summed E-state index contributed by atoms with van der Waals surface area (Å²) in [7, 11) is 1.53. The molecule has 0 fully saturated rings. The van der Waals surface area contributed by atoms with Crippen LogP contribution in [0.25, 0.3) is 0 Å². The molecule has 1 aromatic rings. The predicted molar refractivity (Wildman–Crippen MR) is 66.5 cm³/mol. The molecule has 0 atom stereocenters. The number of urea groups is 1. The van der Waals surface area contributed by atoms with Gasteiger partial charge in [-0.1, -0.05) is 22.8 Å². The molecule has 0 saturated heterocycles. The van der Waals surface area contributed by atoms with E-state index < -0.39 is 0 Å². The third-order valence-electron chi connectivity index (χ3n) is 1.95. The number of nitrogens with one attached hydrogen (secondary N) is 1. The van der Waals surface area contributed by atoms with Crippen molar-refractivity contribution in [2.24, 2.45) is 10.9 Å². The van der Waals surface area contributed by atoms with Crippen molar-refractivity contribution in [1.29, 1.82) is 0 Å². The second-order valence-corrected chi connectivity index (χ2v) is 3.82. The second-order valence-electron chi connectivity index (χ2n) is 3.39. The molecule has 0 saturated carbocycles. The van der Waals surface area contributed by atoms with Crippen LogP contribution in [0.5, 0.6) is 0 Å². The zero-order chi connectivity index (χ0) is 12.8. The van der Waals surface area contributed by atoms with Gasteiger partial charge in [0.15, 0.2) is 5.84 Å². The quantitative estimate of drug-likeness (QED) is 0.332. The Labute approximate surface area is 104 Å². The van der Waals surface area contributed by atoms with Gasteiger partial charge in [0.1, 0.15) is 0 Å². The number of amides is 2. The standard InChI is InChI=1S/C10H13ClN4O2/c1-15(6-9(12)14-17)10(16)13-8-4-2-3-7(11)5-8/h2-5,17H,6H2,1H3,(H2,12,14)(H,13,16). The molecule has 2 amide bonds. The maximum atomic E-state index is 11.7. The Morgan fingerprint density at radius 3 is 2.94 bits per heavy atom. The minimum Gasteiger partial charge on any atom is -0.409 e. The number of likely N-dealkylation sites (N-methyl/N-ethyl adjacent to an activating group) is 1. The van der Waals surface area contributed by atoms with E-state index in [-0.39, 0.29) is 18.4 Å². The van der Waals surface area contributed by atoms with Crippen LogP contribution in [0.4, 0.5) is 10.5 Å². The summed E-state index contributed by atoms with van der Waals surface area (Å²) in [5.41, 5.74) is 5.86. The lowest BCUT2D eigenvalue weighted by molar-refractivity contribution is 0.227. The molecule has 7 heteroatoms. The second kappa shape index (κ2) is 5.95. The molecule has 1 rings (SSSR count). The molecule has 0 bridgehead atoms. The van der Waals surface area contributed by atoms with Gasteiger partial charge in [0.2, 0.25) is 0 Å². The van der Waals surface area contributed by atoms with Crippen molar-refractivity contribution in [3.05, 3.63) is 29.3 Å². The van der Waals surface area contributed by atoms with E-state index >= 15 is 0 Å². The summed E-state index contributed by atoms with van der Waals surface area (Å²) in [5.74, 6) is -0.0475. The van der Waals surface area contributed by atoms with Crippen LogP contribution in [0.3, 0.4) is 0 Å². The number of oxime groups is 1. The van der Waals surface area contributed by atoms with Crippen molar-refractivity contribution in [2.75, 3.05) is 18.9 Å². The van der Waals surface area contributed by atoms with Crippen LogP contribution in [0.15, 0.2) is 29.4 Å². The Morgan fingerprint density at radius 2 is 2.35 bits per heavy atom. The van der Waals surface area contributed by atoms with Crippen LogP contribution in [0.1, 0.15) is 0 Å². The number of rotatable bonds is 3. The van der Waals surface area contributed by atoms with Crippen molar-refractivity contribution in [1.82, 2.24) is 4.90 Å². The normalized spacial score (nSPS) is 11.1. The Balaban J connectivity index is 2.60. The third-order valence-corrected chi connectivity index (χ3v) is 2.19. The lowest BCUT2D eigenvalue weighted by atomic mass is 10.3. The van der Waals surface area contributed by atoms with Gasteiger partial charge >= 0.3 is 6.03 Å². The van der Waals surface area contributed by atoms with E-state index in [4.69, 9.17) is 22.5 Å². The summed E-state index contributed by atoms with van der Waals surface area (Å²) in [6.07, 6.45) is 0.